The number of rotatable bonds is 12. The Kier molecular flexibility index (Phi) is 10.3. The van der Waals surface area contributed by atoms with Crippen LogP contribution in [0.1, 0.15) is 76.2 Å². The minimum absolute atomic E-state index is 0.0703. The van der Waals surface area contributed by atoms with Gasteiger partial charge in [0, 0.05) is 11.3 Å². The molecule has 1 aromatic carbocycles. The van der Waals surface area contributed by atoms with Gasteiger partial charge in [-0.1, -0.05) is 45.4 Å². The molecular formula is C23H35NO5. The number of carbonyl (C=O) groups excluding carboxylic acids is 2. The Morgan fingerprint density at radius 1 is 1.03 bits per heavy atom. The lowest BCUT2D eigenvalue weighted by molar-refractivity contribution is -0.152. The second-order valence-corrected chi connectivity index (χ2v) is 7.78. The van der Waals surface area contributed by atoms with E-state index in [2.05, 4.69) is 18.8 Å². The van der Waals surface area contributed by atoms with E-state index < -0.39 is 17.5 Å². The van der Waals surface area contributed by atoms with Crippen molar-refractivity contribution in [2.75, 3.05) is 25.1 Å². The molecule has 29 heavy (non-hydrogen) atoms. The molecule has 0 saturated heterocycles. The number of hydrogen-bond donors (Lipinski definition) is 1. The van der Waals surface area contributed by atoms with Crippen molar-refractivity contribution in [2.24, 2.45) is 0 Å². The van der Waals surface area contributed by atoms with E-state index in [1.807, 2.05) is 6.92 Å². The predicted molar refractivity (Wildman–Crippen MR) is 116 cm³/mol. The number of hydrogen-bond acceptors (Lipinski definition) is 6. The zero-order valence-corrected chi connectivity index (χ0v) is 18.4. The molecule has 162 valence electrons. The molecule has 0 radical (unpaired) electrons. The van der Waals surface area contributed by atoms with Crippen LogP contribution in [-0.4, -0.2) is 37.3 Å². The third-order valence-corrected chi connectivity index (χ3v) is 3.92. The number of unbranched alkanes of at least 4 members (excludes halogenated alkanes) is 2. The summed E-state index contributed by atoms with van der Waals surface area (Å²) in [6.45, 7) is 14.3. The first kappa shape index (κ1) is 24.5. The normalized spacial score (nSPS) is 10.9. The van der Waals surface area contributed by atoms with Gasteiger partial charge in [-0.15, -0.1) is 0 Å². The van der Waals surface area contributed by atoms with Crippen molar-refractivity contribution in [1.29, 1.82) is 0 Å². The summed E-state index contributed by atoms with van der Waals surface area (Å²) in [5.41, 5.74) is 0.768. The summed E-state index contributed by atoms with van der Waals surface area (Å²) in [5.74, 6) is -0.478. The van der Waals surface area contributed by atoms with Gasteiger partial charge in [0.15, 0.2) is 0 Å². The van der Waals surface area contributed by atoms with E-state index in [1.54, 1.807) is 39.0 Å². The molecule has 0 fully saturated rings. The van der Waals surface area contributed by atoms with Crippen LogP contribution in [0.4, 0.5) is 5.69 Å². The first-order valence-corrected chi connectivity index (χ1v) is 10.3. The van der Waals surface area contributed by atoms with Gasteiger partial charge in [-0.25, -0.2) is 4.79 Å². The first-order valence-electron chi connectivity index (χ1n) is 10.3. The molecule has 0 saturated carbocycles. The monoisotopic (exact) mass is 405 g/mol. The lowest BCUT2D eigenvalue weighted by Crippen LogP contribution is -2.28. The van der Waals surface area contributed by atoms with Gasteiger partial charge in [0.2, 0.25) is 0 Å². The SMILES string of the molecule is C=C(OCCCC)c1cccc(NCC(=O)OC(C)(C)C)c1C(=O)OCCCC. The van der Waals surface area contributed by atoms with E-state index in [0.29, 0.717) is 35.8 Å². The molecule has 1 aromatic rings. The van der Waals surface area contributed by atoms with Crippen molar-refractivity contribution in [2.45, 2.75) is 65.9 Å². The Morgan fingerprint density at radius 3 is 2.24 bits per heavy atom. The number of carbonyl (C=O) groups is 2. The van der Waals surface area contributed by atoms with Gasteiger partial charge in [-0.3, -0.25) is 4.79 Å². The van der Waals surface area contributed by atoms with Crippen LogP contribution in [0.25, 0.3) is 5.76 Å². The fourth-order valence-electron chi connectivity index (χ4n) is 2.50. The fraction of sp³-hybridized carbons (Fsp3) is 0.565. The average molecular weight is 406 g/mol. The van der Waals surface area contributed by atoms with Crippen LogP contribution in [0.3, 0.4) is 0 Å². The maximum atomic E-state index is 12.8. The molecule has 0 amide bonds. The highest BCUT2D eigenvalue weighted by Gasteiger charge is 2.22. The number of benzene rings is 1. The standard InChI is InChI=1S/C23H35NO5/c1-7-9-14-27-17(3)18-12-11-13-19(21(18)22(26)28-15-10-8-2)24-16-20(25)29-23(4,5)6/h11-13,24H,3,7-10,14-16H2,1-2,4-6H3. The second-order valence-electron chi connectivity index (χ2n) is 7.78. The van der Waals surface area contributed by atoms with Crippen molar-refractivity contribution < 1.29 is 23.8 Å². The van der Waals surface area contributed by atoms with Crippen LogP contribution >= 0.6 is 0 Å². The van der Waals surface area contributed by atoms with E-state index in [4.69, 9.17) is 14.2 Å². The summed E-state index contributed by atoms with van der Waals surface area (Å²) in [7, 11) is 0. The molecule has 0 unspecified atom stereocenters. The number of esters is 2. The van der Waals surface area contributed by atoms with Gasteiger partial charge in [-0.05, 0) is 39.7 Å². The summed E-state index contributed by atoms with van der Waals surface area (Å²) in [6.07, 6.45) is 3.59. The van der Waals surface area contributed by atoms with Crippen LogP contribution in [0.15, 0.2) is 24.8 Å². The Labute approximate surface area is 174 Å². The Morgan fingerprint density at radius 2 is 1.66 bits per heavy atom. The summed E-state index contributed by atoms with van der Waals surface area (Å²) in [5, 5.41) is 3.00. The highest BCUT2D eigenvalue weighted by molar-refractivity contribution is 6.00. The van der Waals surface area contributed by atoms with Gasteiger partial charge < -0.3 is 19.5 Å². The van der Waals surface area contributed by atoms with Crippen molar-refractivity contribution in [3.05, 3.63) is 35.9 Å². The molecule has 0 aliphatic rings. The quantitative estimate of drug-likeness (QED) is 0.293. The smallest absolute Gasteiger partial charge is 0.340 e. The Bertz CT molecular complexity index is 691. The summed E-state index contributed by atoms with van der Waals surface area (Å²) < 4.78 is 16.5. The molecule has 0 aliphatic heterocycles. The van der Waals surface area contributed by atoms with Crippen molar-refractivity contribution >= 4 is 23.4 Å². The van der Waals surface area contributed by atoms with E-state index in [9.17, 15) is 9.59 Å². The third kappa shape index (κ3) is 9.03. The fourth-order valence-corrected chi connectivity index (χ4v) is 2.50. The van der Waals surface area contributed by atoms with Gasteiger partial charge in [0.1, 0.15) is 17.9 Å². The molecule has 0 atom stereocenters. The van der Waals surface area contributed by atoms with Crippen molar-refractivity contribution in [1.82, 2.24) is 0 Å². The van der Waals surface area contributed by atoms with E-state index >= 15 is 0 Å². The zero-order valence-electron chi connectivity index (χ0n) is 18.4. The minimum Gasteiger partial charge on any atom is -0.494 e. The Balaban J connectivity index is 3.06. The van der Waals surface area contributed by atoms with Crippen LogP contribution < -0.4 is 5.32 Å². The third-order valence-electron chi connectivity index (χ3n) is 3.92. The summed E-state index contributed by atoms with van der Waals surface area (Å²) >= 11 is 0. The largest absolute Gasteiger partial charge is 0.494 e. The molecule has 0 aliphatic carbocycles. The van der Waals surface area contributed by atoms with Gasteiger partial charge in [0.25, 0.3) is 0 Å². The van der Waals surface area contributed by atoms with Gasteiger partial charge in [0.05, 0.1) is 18.8 Å². The maximum absolute atomic E-state index is 12.8. The topological polar surface area (TPSA) is 73.9 Å². The molecule has 6 nitrogen and oxygen atoms in total. The molecular weight excluding hydrogens is 370 g/mol. The minimum atomic E-state index is -0.579. The average Bonchev–Trinajstić information content (AvgIpc) is 2.64. The molecule has 0 aromatic heterocycles. The summed E-state index contributed by atoms with van der Waals surface area (Å²) in [4.78, 5) is 24.9. The van der Waals surface area contributed by atoms with Crippen molar-refractivity contribution in [3.63, 3.8) is 0 Å². The molecule has 0 spiro atoms. The van der Waals surface area contributed by atoms with Crippen LogP contribution in [0.5, 0.6) is 0 Å². The van der Waals surface area contributed by atoms with Gasteiger partial charge in [-0.2, -0.15) is 0 Å². The van der Waals surface area contributed by atoms with E-state index in [1.165, 1.54) is 0 Å². The lowest BCUT2D eigenvalue weighted by atomic mass is 10.0. The number of anilines is 1. The van der Waals surface area contributed by atoms with Gasteiger partial charge >= 0.3 is 11.9 Å². The molecule has 0 bridgehead atoms. The van der Waals surface area contributed by atoms with Crippen LogP contribution in [-0.2, 0) is 19.0 Å². The summed E-state index contributed by atoms with van der Waals surface area (Å²) in [6, 6.07) is 5.27. The van der Waals surface area contributed by atoms with Crippen LogP contribution in [0.2, 0.25) is 0 Å². The number of nitrogens with one attached hydrogen (secondary N) is 1. The second kappa shape index (κ2) is 12.1. The molecule has 0 heterocycles. The molecule has 1 rings (SSSR count). The predicted octanol–water partition coefficient (Wildman–Crippen LogP) is 5.18. The number of ether oxygens (including phenoxy) is 3. The maximum Gasteiger partial charge on any atom is 0.340 e. The molecule has 1 N–H and O–H groups in total. The highest BCUT2D eigenvalue weighted by atomic mass is 16.6. The molecule has 6 heteroatoms. The van der Waals surface area contributed by atoms with E-state index in [0.717, 1.165) is 25.7 Å². The van der Waals surface area contributed by atoms with Crippen molar-refractivity contribution in [3.8, 4) is 0 Å². The van der Waals surface area contributed by atoms with Crippen LogP contribution in [0, 0.1) is 0 Å². The Hall–Kier alpha value is -2.50. The van der Waals surface area contributed by atoms with E-state index in [-0.39, 0.29) is 6.54 Å². The highest BCUT2D eigenvalue weighted by Crippen LogP contribution is 2.27. The first-order chi connectivity index (χ1) is 13.7. The zero-order chi connectivity index (χ0) is 21.9. The lowest BCUT2D eigenvalue weighted by Gasteiger charge is -2.21.